The van der Waals surface area contributed by atoms with Gasteiger partial charge in [0, 0.05) is 18.0 Å². The molecule has 1 heterocycles. The van der Waals surface area contributed by atoms with Crippen LogP contribution in [-0.4, -0.2) is 38.9 Å². The van der Waals surface area contributed by atoms with Crippen molar-refractivity contribution in [2.24, 2.45) is 0 Å². The van der Waals surface area contributed by atoms with Gasteiger partial charge in [0.25, 0.3) is 0 Å². The number of benzene rings is 2. The number of nitrogens with zero attached hydrogens (tertiary/aromatic N) is 1. The molecule has 0 radical (unpaired) electrons. The minimum absolute atomic E-state index is 0.0490. The highest BCUT2D eigenvalue weighted by molar-refractivity contribution is 8.03. The van der Waals surface area contributed by atoms with E-state index in [1.807, 2.05) is 0 Å². The lowest BCUT2D eigenvalue weighted by molar-refractivity contribution is -0.121. The number of hydrogen-bond acceptors (Lipinski definition) is 7. The van der Waals surface area contributed by atoms with Crippen molar-refractivity contribution in [3.63, 3.8) is 0 Å². The number of halogens is 1. The van der Waals surface area contributed by atoms with Gasteiger partial charge in [-0.1, -0.05) is 11.8 Å². The largest absolute Gasteiger partial charge is 0.493 e. The van der Waals surface area contributed by atoms with E-state index in [9.17, 15) is 19.2 Å². The zero-order chi connectivity index (χ0) is 24.0. The predicted molar refractivity (Wildman–Crippen MR) is 122 cm³/mol. The summed E-state index contributed by atoms with van der Waals surface area (Å²) in [4.78, 5) is 24.7. The van der Waals surface area contributed by atoms with Crippen molar-refractivity contribution < 1.29 is 28.2 Å². The van der Waals surface area contributed by atoms with E-state index in [0.29, 0.717) is 39.1 Å². The van der Waals surface area contributed by atoms with Crippen molar-refractivity contribution in [3.8, 4) is 23.3 Å². The van der Waals surface area contributed by atoms with Gasteiger partial charge in [-0.05, 0) is 42.0 Å². The van der Waals surface area contributed by atoms with Gasteiger partial charge < -0.3 is 24.8 Å². The molecule has 0 saturated carbocycles. The van der Waals surface area contributed by atoms with Gasteiger partial charge in [0.15, 0.2) is 11.5 Å². The van der Waals surface area contributed by atoms with Crippen LogP contribution in [0, 0.1) is 17.1 Å². The molecule has 0 spiro atoms. The molecule has 10 heteroatoms. The first-order valence-electron chi connectivity index (χ1n) is 9.82. The lowest BCUT2D eigenvalue weighted by Crippen LogP contribution is -2.31. The quantitative estimate of drug-likeness (QED) is 0.606. The molecule has 0 aromatic heterocycles. The van der Waals surface area contributed by atoms with Crippen LogP contribution in [0.25, 0.3) is 0 Å². The molecule has 0 aliphatic carbocycles. The van der Waals surface area contributed by atoms with E-state index in [4.69, 9.17) is 14.2 Å². The average Bonchev–Trinajstić information content (AvgIpc) is 2.82. The first-order valence-corrected chi connectivity index (χ1v) is 10.8. The minimum atomic E-state index is -0.555. The normalized spacial score (nSPS) is 15.4. The van der Waals surface area contributed by atoms with Crippen LogP contribution < -0.4 is 24.8 Å². The molecule has 2 aromatic rings. The average molecular weight is 472 g/mol. The number of methoxy groups -OCH3 is 3. The van der Waals surface area contributed by atoms with Crippen LogP contribution >= 0.6 is 11.8 Å². The molecule has 2 aromatic carbocycles. The van der Waals surface area contributed by atoms with E-state index in [1.165, 1.54) is 45.6 Å². The molecule has 172 valence electrons. The standard InChI is InChI=1S/C23H22FN3O5S/c1-30-18-8-13(9-19(31-2)22(18)32-3)16-10-20(28)27-23(17(16)11-25)33-12-21(29)26-15-6-4-14(24)5-7-15/h4-9,16H,10,12H2,1-3H3,(H,26,29)(H,27,28)/t16-/m1/s1. The molecule has 0 unspecified atom stereocenters. The van der Waals surface area contributed by atoms with Crippen molar-refractivity contribution >= 4 is 29.3 Å². The maximum Gasteiger partial charge on any atom is 0.234 e. The van der Waals surface area contributed by atoms with E-state index in [-0.39, 0.29) is 24.0 Å². The summed E-state index contributed by atoms with van der Waals surface area (Å²) in [7, 11) is 4.45. The fourth-order valence-corrected chi connectivity index (χ4v) is 4.27. The molecule has 0 bridgehead atoms. The van der Waals surface area contributed by atoms with Gasteiger partial charge in [0.2, 0.25) is 17.6 Å². The van der Waals surface area contributed by atoms with Crippen LogP contribution in [0.15, 0.2) is 47.0 Å². The Morgan fingerprint density at radius 1 is 1.18 bits per heavy atom. The SMILES string of the molecule is COc1cc([C@H]2CC(=O)NC(SCC(=O)Nc3ccc(F)cc3)=C2C#N)cc(OC)c1OC. The van der Waals surface area contributed by atoms with Crippen LogP contribution in [0.4, 0.5) is 10.1 Å². The van der Waals surface area contributed by atoms with Gasteiger partial charge in [-0.15, -0.1) is 0 Å². The molecule has 8 nitrogen and oxygen atoms in total. The molecule has 2 amide bonds. The number of amides is 2. The summed E-state index contributed by atoms with van der Waals surface area (Å²) < 4.78 is 29.2. The lowest BCUT2D eigenvalue weighted by Gasteiger charge is -2.26. The number of rotatable bonds is 8. The Kier molecular flexibility index (Phi) is 7.79. The highest BCUT2D eigenvalue weighted by Gasteiger charge is 2.31. The fourth-order valence-electron chi connectivity index (χ4n) is 3.39. The minimum Gasteiger partial charge on any atom is -0.493 e. The molecular formula is C23H22FN3O5S. The van der Waals surface area contributed by atoms with E-state index in [1.54, 1.807) is 12.1 Å². The molecule has 0 fully saturated rings. The maximum absolute atomic E-state index is 13.0. The van der Waals surface area contributed by atoms with E-state index in [2.05, 4.69) is 16.7 Å². The first kappa shape index (κ1) is 23.9. The van der Waals surface area contributed by atoms with Gasteiger partial charge in [-0.3, -0.25) is 9.59 Å². The van der Waals surface area contributed by atoms with Gasteiger partial charge in [0.1, 0.15) is 5.82 Å². The first-order chi connectivity index (χ1) is 15.9. The maximum atomic E-state index is 13.0. The van der Waals surface area contributed by atoms with Crippen LogP contribution in [0.3, 0.4) is 0 Å². The summed E-state index contributed by atoms with van der Waals surface area (Å²) in [6.45, 7) is 0. The zero-order valence-corrected chi connectivity index (χ0v) is 19.0. The number of nitriles is 1. The summed E-state index contributed by atoms with van der Waals surface area (Å²) in [5.41, 5.74) is 1.41. The van der Waals surface area contributed by atoms with Crippen LogP contribution in [-0.2, 0) is 9.59 Å². The Hall–Kier alpha value is -3.71. The number of anilines is 1. The second-order valence-corrected chi connectivity index (χ2v) is 7.95. The van der Waals surface area contributed by atoms with Crippen LogP contribution in [0.2, 0.25) is 0 Å². The third-order valence-electron chi connectivity index (χ3n) is 4.92. The second kappa shape index (κ2) is 10.7. The van der Waals surface area contributed by atoms with Crippen molar-refractivity contribution in [3.05, 3.63) is 58.4 Å². The summed E-state index contributed by atoms with van der Waals surface area (Å²) in [5.74, 6) is -0.450. The third kappa shape index (κ3) is 5.56. The molecule has 3 rings (SSSR count). The van der Waals surface area contributed by atoms with Gasteiger partial charge in [-0.2, -0.15) is 5.26 Å². The highest BCUT2D eigenvalue weighted by atomic mass is 32.2. The Morgan fingerprint density at radius 3 is 2.36 bits per heavy atom. The number of thioether (sulfide) groups is 1. The lowest BCUT2D eigenvalue weighted by atomic mass is 9.86. The van der Waals surface area contributed by atoms with Gasteiger partial charge in [-0.25, -0.2) is 4.39 Å². The van der Waals surface area contributed by atoms with Crippen molar-refractivity contribution in [2.75, 3.05) is 32.4 Å². The molecule has 1 atom stereocenters. The number of allylic oxidation sites excluding steroid dienone is 1. The Balaban J connectivity index is 1.85. The van der Waals surface area contributed by atoms with E-state index >= 15 is 0 Å². The number of ether oxygens (including phenoxy) is 3. The smallest absolute Gasteiger partial charge is 0.234 e. The predicted octanol–water partition coefficient (Wildman–Crippen LogP) is 3.56. The van der Waals surface area contributed by atoms with Crippen molar-refractivity contribution in [2.45, 2.75) is 12.3 Å². The molecule has 1 aliphatic heterocycles. The van der Waals surface area contributed by atoms with Crippen molar-refractivity contribution in [1.29, 1.82) is 5.26 Å². The summed E-state index contributed by atoms with van der Waals surface area (Å²) in [6.07, 6.45) is 0.0490. The Bertz CT molecular complexity index is 1100. The monoisotopic (exact) mass is 471 g/mol. The summed E-state index contributed by atoms with van der Waals surface area (Å²) in [6, 6.07) is 10.9. The molecule has 0 saturated heterocycles. The molecular weight excluding hydrogens is 449 g/mol. The summed E-state index contributed by atoms with van der Waals surface area (Å²) in [5, 5.41) is 15.5. The number of carbonyl (C=O) groups excluding carboxylic acids is 2. The van der Waals surface area contributed by atoms with Crippen LogP contribution in [0.5, 0.6) is 17.2 Å². The van der Waals surface area contributed by atoms with Gasteiger partial charge >= 0.3 is 0 Å². The third-order valence-corrected chi connectivity index (χ3v) is 5.94. The number of carbonyl (C=O) groups is 2. The van der Waals surface area contributed by atoms with E-state index in [0.717, 1.165) is 11.8 Å². The molecule has 33 heavy (non-hydrogen) atoms. The highest BCUT2D eigenvalue weighted by Crippen LogP contribution is 2.44. The molecule has 2 N–H and O–H groups in total. The van der Waals surface area contributed by atoms with Crippen molar-refractivity contribution in [1.82, 2.24) is 5.32 Å². The second-order valence-electron chi connectivity index (χ2n) is 6.96. The number of hydrogen-bond donors (Lipinski definition) is 2. The topological polar surface area (TPSA) is 110 Å². The summed E-state index contributed by atoms with van der Waals surface area (Å²) >= 11 is 1.04. The van der Waals surface area contributed by atoms with Gasteiger partial charge in [0.05, 0.1) is 43.8 Å². The fraction of sp³-hybridized carbons (Fsp3) is 0.261. The Morgan fingerprint density at radius 2 is 1.82 bits per heavy atom. The Labute approximate surface area is 194 Å². The zero-order valence-electron chi connectivity index (χ0n) is 18.2. The van der Waals surface area contributed by atoms with Crippen LogP contribution in [0.1, 0.15) is 17.9 Å². The molecule has 1 aliphatic rings. The van der Waals surface area contributed by atoms with E-state index < -0.39 is 11.7 Å². The number of nitrogens with one attached hydrogen (secondary N) is 2.